The molecule has 0 fully saturated rings. The summed E-state index contributed by atoms with van der Waals surface area (Å²) in [5, 5.41) is 6.04. The number of rotatable bonds is 6. The molecule has 94 valence electrons. The maximum absolute atomic E-state index is 10.9. The second-order valence-electron chi connectivity index (χ2n) is 3.99. The van der Waals surface area contributed by atoms with Gasteiger partial charge in [0, 0.05) is 12.6 Å². The van der Waals surface area contributed by atoms with Crippen molar-refractivity contribution in [1.82, 2.24) is 9.97 Å². The molecule has 1 heterocycles. The van der Waals surface area contributed by atoms with Crippen LogP contribution in [0.5, 0.6) is 0 Å². The first kappa shape index (κ1) is 13.2. The molecule has 0 amide bonds. The van der Waals surface area contributed by atoms with Crippen LogP contribution in [-0.4, -0.2) is 36.1 Å². The Kier molecular flexibility index (Phi) is 5.19. The molecule has 0 bridgehead atoms. The fraction of sp³-hybridized carbons (Fsp3) is 0.545. The quantitative estimate of drug-likeness (QED) is 0.723. The molecule has 0 spiro atoms. The molecule has 17 heavy (non-hydrogen) atoms. The van der Waals surface area contributed by atoms with Gasteiger partial charge in [0.25, 0.3) is 0 Å². The third kappa shape index (κ3) is 5.14. The summed E-state index contributed by atoms with van der Waals surface area (Å²) in [7, 11) is 1.35. The smallest absolute Gasteiger partial charge is 0.325 e. The van der Waals surface area contributed by atoms with Gasteiger partial charge in [0.15, 0.2) is 0 Å². The number of carbonyl (C=O) groups excluding carboxylic acids is 1. The van der Waals surface area contributed by atoms with E-state index in [4.69, 9.17) is 0 Å². The number of anilines is 2. The van der Waals surface area contributed by atoms with Crippen molar-refractivity contribution in [2.45, 2.75) is 13.8 Å². The van der Waals surface area contributed by atoms with Crippen LogP contribution >= 0.6 is 0 Å². The van der Waals surface area contributed by atoms with Crippen molar-refractivity contribution in [3.05, 3.63) is 12.4 Å². The molecule has 1 rings (SSSR count). The summed E-state index contributed by atoms with van der Waals surface area (Å²) >= 11 is 0. The van der Waals surface area contributed by atoms with Crippen molar-refractivity contribution in [3.8, 4) is 0 Å². The Hall–Kier alpha value is -1.85. The molecule has 0 saturated carbocycles. The third-order valence-electron chi connectivity index (χ3n) is 2.00. The van der Waals surface area contributed by atoms with E-state index >= 15 is 0 Å². The van der Waals surface area contributed by atoms with Crippen molar-refractivity contribution in [2.24, 2.45) is 5.92 Å². The first-order valence-electron chi connectivity index (χ1n) is 5.48. The molecule has 0 aromatic carbocycles. The minimum absolute atomic E-state index is 0.0944. The van der Waals surface area contributed by atoms with Crippen LogP contribution in [-0.2, 0) is 9.53 Å². The molecule has 1 aromatic heterocycles. The van der Waals surface area contributed by atoms with Crippen LogP contribution in [0.1, 0.15) is 13.8 Å². The average molecular weight is 238 g/mol. The number of hydrogen-bond donors (Lipinski definition) is 2. The van der Waals surface area contributed by atoms with E-state index in [-0.39, 0.29) is 12.5 Å². The zero-order valence-electron chi connectivity index (χ0n) is 10.4. The highest BCUT2D eigenvalue weighted by atomic mass is 16.5. The van der Waals surface area contributed by atoms with E-state index in [1.807, 2.05) is 0 Å². The SMILES string of the molecule is COC(=O)CNc1cc(NCC(C)C)ncn1. The summed E-state index contributed by atoms with van der Waals surface area (Å²) in [5.41, 5.74) is 0. The van der Waals surface area contributed by atoms with E-state index < -0.39 is 0 Å². The number of esters is 1. The molecule has 0 saturated heterocycles. The number of methoxy groups -OCH3 is 1. The normalized spacial score (nSPS) is 10.1. The van der Waals surface area contributed by atoms with Gasteiger partial charge in [-0.05, 0) is 5.92 Å². The van der Waals surface area contributed by atoms with Gasteiger partial charge in [-0.25, -0.2) is 9.97 Å². The van der Waals surface area contributed by atoms with Crippen LogP contribution in [0.3, 0.4) is 0 Å². The number of hydrogen-bond acceptors (Lipinski definition) is 6. The lowest BCUT2D eigenvalue weighted by molar-refractivity contribution is -0.138. The van der Waals surface area contributed by atoms with Crippen LogP contribution in [0.15, 0.2) is 12.4 Å². The molecule has 0 radical (unpaired) electrons. The van der Waals surface area contributed by atoms with E-state index in [0.29, 0.717) is 11.7 Å². The van der Waals surface area contributed by atoms with Gasteiger partial charge >= 0.3 is 5.97 Å². The van der Waals surface area contributed by atoms with Gasteiger partial charge in [0.05, 0.1) is 7.11 Å². The number of ether oxygens (including phenoxy) is 1. The Balaban J connectivity index is 2.50. The molecule has 0 unspecified atom stereocenters. The maximum atomic E-state index is 10.9. The summed E-state index contributed by atoms with van der Waals surface area (Å²) < 4.78 is 4.52. The second-order valence-corrected chi connectivity index (χ2v) is 3.99. The molecule has 2 N–H and O–H groups in total. The Morgan fingerprint density at radius 3 is 2.59 bits per heavy atom. The summed E-state index contributed by atoms with van der Waals surface area (Å²) in [5.74, 6) is 1.54. The van der Waals surface area contributed by atoms with E-state index in [1.54, 1.807) is 6.07 Å². The molecule has 1 aromatic rings. The number of carbonyl (C=O) groups is 1. The predicted molar refractivity (Wildman–Crippen MR) is 65.9 cm³/mol. The lowest BCUT2D eigenvalue weighted by Crippen LogP contribution is -2.16. The minimum atomic E-state index is -0.333. The van der Waals surface area contributed by atoms with E-state index in [2.05, 4.69) is 39.2 Å². The summed E-state index contributed by atoms with van der Waals surface area (Å²) in [6.45, 7) is 5.17. The van der Waals surface area contributed by atoms with Crippen molar-refractivity contribution in [2.75, 3.05) is 30.8 Å². The first-order chi connectivity index (χ1) is 8.11. The molecule has 6 heteroatoms. The average Bonchev–Trinajstić information content (AvgIpc) is 2.34. The molecule has 0 atom stereocenters. The maximum Gasteiger partial charge on any atom is 0.325 e. The first-order valence-corrected chi connectivity index (χ1v) is 5.48. The van der Waals surface area contributed by atoms with Crippen LogP contribution in [0.4, 0.5) is 11.6 Å². The molecule has 0 aliphatic carbocycles. The highest BCUT2D eigenvalue weighted by Crippen LogP contribution is 2.08. The van der Waals surface area contributed by atoms with E-state index in [1.165, 1.54) is 13.4 Å². The van der Waals surface area contributed by atoms with Crippen LogP contribution < -0.4 is 10.6 Å². The minimum Gasteiger partial charge on any atom is -0.468 e. The van der Waals surface area contributed by atoms with Crippen molar-refractivity contribution >= 4 is 17.6 Å². The zero-order valence-corrected chi connectivity index (χ0v) is 10.4. The summed E-state index contributed by atoms with van der Waals surface area (Å²) in [6, 6.07) is 1.76. The van der Waals surface area contributed by atoms with Gasteiger partial charge in [0.1, 0.15) is 24.5 Å². The van der Waals surface area contributed by atoms with Gasteiger partial charge in [-0.15, -0.1) is 0 Å². The number of nitrogens with zero attached hydrogens (tertiary/aromatic N) is 2. The van der Waals surface area contributed by atoms with Crippen molar-refractivity contribution in [3.63, 3.8) is 0 Å². The standard InChI is InChI=1S/C11H18N4O2/c1-8(2)5-12-9-4-10(15-7-14-9)13-6-11(16)17-3/h4,7-8H,5-6H2,1-3H3,(H2,12,13,14,15). The Morgan fingerprint density at radius 1 is 1.35 bits per heavy atom. The highest BCUT2D eigenvalue weighted by Gasteiger charge is 2.02. The Morgan fingerprint density at radius 2 is 2.00 bits per heavy atom. The molecular weight excluding hydrogens is 220 g/mol. The molecule has 6 nitrogen and oxygen atoms in total. The van der Waals surface area contributed by atoms with Crippen molar-refractivity contribution in [1.29, 1.82) is 0 Å². The number of aromatic nitrogens is 2. The van der Waals surface area contributed by atoms with Crippen LogP contribution in [0, 0.1) is 5.92 Å². The van der Waals surface area contributed by atoms with Gasteiger partial charge in [0.2, 0.25) is 0 Å². The van der Waals surface area contributed by atoms with Gasteiger partial charge < -0.3 is 15.4 Å². The van der Waals surface area contributed by atoms with Crippen molar-refractivity contribution < 1.29 is 9.53 Å². The van der Waals surface area contributed by atoms with Gasteiger partial charge in [-0.1, -0.05) is 13.8 Å². The number of nitrogens with one attached hydrogen (secondary N) is 2. The van der Waals surface area contributed by atoms with Crippen LogP contribution in [0.25, 0.3) is 0 Å². The lowest BCUT2D eigenvalue weighted by Gasteiger charge is -2.09. The zero-order chi connectivity index (χ0) is 12.7. The monoisotopic (exact) mass is 238 g/mol. The predicted octanol–water partition coefficient (Wildman–Crippen LogP) is 1.13. The fourth-order valence-electron chi connectivity index (χ4n) is 1.09. The van der Waals surface area contributed by atoms with E-state index in [9.17, 15) is 4.79 Å². The van der Waals surface area contributed by atoms with E-state index in [0.717, 1.165) is 12.4 Å². The van der Waals surface area contributed by atoms with Crippen LogP contribution in [0.2, 0.25) is 0 Å². The fourth-order valence-corrected chi connectivity index (χ4v) is 1.09. The third-order valence-corrected chi connectivity index (χ3v) is 2.00. The topological polar surface area (TPSA) is 76.1 Å². The Bertz CT molecular complexity index is 368. The van der Waals surface area contributed by atoms with Gasteiger partial charge in [-0.3, -0.25) is 4.79 Å². The largest absolute Gasteiger partial charge is 0.468 e. The second kappa shape index (κ2) is 6.67. The Labute approximate surface area is 101 Å². The summed E-state index contributed by atoms with van der Waals surface area (Å²) in [6.07, 6.45) is 1.45. The lowest BCUT2D eigenvalue weighted by atomic mass is 10.2. The van der Waals surface area contributed by atoms with Gasteiger partial charge in [-0.2, -0.15) is 0 Å². The summed E-state index contributed by atoms with van der Waals surface area (Å²) in [4.78, 5) is 19.0. The highest BCUT2D eigenvalue weighted by molar-refractivity contribution is 5.74. The molecular formula is C11H18N4O2. The molecule has 0 aliphatic rings. The molecule has 0 aliphatic heterocycles.